The van der Waals surface area contributed by atoms with Gasteiger partial charge in [-0.2, -0.15) is 0 Å². The summed E-state index contributed by atoms with van der Waals surface area (Å²) in [5.41, 5.74) is 2.41. The van der Waals surface area contributed by atoms with E-state index in [4.69, 9.17) is 0 Å². The fourth-order valence-electron chi connectivity index (χ4n) is 2.64. The molecule has 0 radical (unpaired) electrons. The van der Waals surface area contributed by atoms with Gasteiger partial charge in [-0.3, -0.25) is 0 Å². The van der Waals surface area contributed by atoms with E-state index in [2.05, 4.69) is 6.92 Å². The summed E-state index contributed by atoms with van der Waals surface area (Å²) in [6.07, 6.45) is 2.07. The highest BCUT2D eigenvalue weighted by Gasteiger charge is 2.09. The maximum Gasteiger partial charge on any atom is 0.138 e. The highest BCUT2D eigenvalue weighted by atomic mass is 19.1. The second kappa shape index (κ2) is 5.65. The molecule has 106 valence electrons. The molecule has 0 unspecified atom stereocenters. The monoisotopic (exact) mass is 282 g/mol. The van der Waals surface area contributed by atoms with Crippen molar-refractivity contribution in [2.75, 3.05) is 0 Å². The van der Waals surface area contributed by atoms with Crippen molar-refractivity contribution in [1.29, 1.82) is 0 Å². The van der Waals surface area contributed by atoms with E-state index in [0.29, 0.717) is 16.5 Å². The SMILES string of the molecule is CCCc1ccc2c(F)c(-c3ccc(F)cc3)ccc2c1. The Kier molecular flexibility index (Phi) is 3.70. The maximum absolute atomic E-state index is 14.7. The summed E-state index contributed by atoms with van der Waals surface area (Å²) in [4.78, 5) is 0. The Balaban J connectivity index is 2.11. The molecule has 0 spiro atoms. The van der Waals surface area contributed by atoms with E-state index >= 15 is 0 Å². The largest absolute Gasteiger partial charge is 0.207 e. The first-order valence-electron chi connectivity index (χ1n) is 7.16. The highest BCUT2D eigenvalue weighted by Crippen LogP contribution is 2.29. The topological polar surface area (TPSA) is 0 Å². The third kappa shape index (κ3) is 2.66. The van der Waals surface area contributed by atoms with Crippen molar-refractivity contribution in [2.24, 2.45) is 0 Å². The fraction of sp³-hybridized carbons (Fsp3) is 0.158. The Hall–Kier alpha value is -2.22. The van der Waals surface area contributed by atoms with Crippen LogP contribution in [0, 0.1) is 11.6 Å². The van der Waals surface area contributed by atoms with Gasteiger partial charge in [0.2, 0.25) is 0 Å². The highest BCUT2D eigenvalue weighted by molar-refractivity contribution is 5.88. The first-order valence-corrected chi connectivity index (χ1v) is 7.16. The van der Waals surface area contributed by atoms with Gasteiger partial charge in [0.1, 0.15) is 11.6 Å². The Bertz CT molecular complexity index is 773. The summed E-state index contributed by atoms with van der Waals surface area (Å²) >= 11 is 0. The van der Waals surface area contributed by atoms with E-state index in [1.54, 1.807) is 18.2 Å². The molecule has 0 N–H and O–H groups in total. The molecular weight excluding hydrogens is 266 g/mol. The summed E-state index contributed by atoms with van der Waals surface area (Å²) in [6, 6.07) is 15.4. The molecule has 0 aromatic heterocycles. The lowest BCUT2D eigenvalue weighted by Crippen LogP contribution is -1.89. The van der Waals surface area contributed by atoms with Crippen LogP contribution in [0.4, 0.5) is 8.78 Å². The van der Waals surface area contributed by atoms with Gasteiger partial charge in [-0.15, -0.1) is 0 Å². The number of benzene rings is 3. The molecule has 0 fully saturated rings. The zero-order valence-corrected chi connectivity index (χ0v) is 11.9. The number of aryl methyl sites for hydroxylation is 1. The van der Waals surface area contributed by atoms with Crippen molar-refractivity contribution >= 4 is 10.8 Å². The van der Waals surface area contributed by atoms with E-state index in [9.17, 15) is 8.78 Å². The van der Waals surface area contributed by atoms with Crippen LogP contribution in [-0.4, -0.2) is 0 Å². The average molecular weight is 282 g/mol. The minimum atomic E-state index is -0.316. The number of fused-ring (bicyclic) bond motifs is 1. The van der Waals surface area contributed by atoms with E-state index in [1.807, 2.05) is 24.3 Å². The Labute approximate surface area is 123 Å². The lowest BCUT2D eigenvalue weighted by molar-refractivity contribution is 0.627. The molecule has 0 amide bonds. The van der Waals surface area contributed by atoms with E-state index in [-0.39, 0.29) is 11.6 Å². The van der Waals surface area contributed by atoms with Crippen LogP contribution in [0.25, 0.3) is 21.9 Å². The van der Waals surface area contributed by atoms with Crippen LogP contribution in [0.15, 0.2) is 54.6 Å². The van der Waals surface area contributed by atoms with Gasteiger partial charge in [-0.1, -0.05) is 55.8 Å². The minimum absolute atomic E-state index is 0.248. The molecule has 0 aliphatic rings. The molecule has 2 heteroatoms. The predicted molar refractivity (Wildman–Crippen MR) is 83.3 cm³/mol. The first-order chi connectivity index (χ1) is 10.2. The normalized spacial score (nSPS) is 11.0. The molecule has 3 aromatic rings. The molecule has 0 bridgehead atoms. The van der Waals surface area contributed by atoms with Crippen LogP contribution in [0.2, 0.25) is 0 Å². The standard InChI is InChI=1S/C19H16F2/c1-2-3-13-4-10-18-15(12-13)7-11-17(19(18)21)14-5-8-16(20)9-6-14/h4-12H,2-3H2,1H3. The van der Waals surface area contributed by atoms with E-state index in [1.165, 1.54) is 17.7 Å². The van der Waals surface area contributed by atoms with Crippen molar-refractivity contribution in [3.63, 3.8) is 0 Å². The van der Waals surface area contributed by atoms with Gasteiger partial charge >= 0.3 is 0 Å². The average Bonchev–Trinajstić information content (AvgIpc) is 2.49. The third-order valence-electron chi connectivity index (χ3n) is 3.71. The van der Waals surface area contributed by atoms with Crippen molar-refractivity contribution < 1.29 is 8.78 Å². The lowest BCUT2D eigenvalue weighted by atomic mass is 9.98. The van der Waals surface area contributed by atoms with Crippen molar-refractivity contribution in [1.82, 2.24) is 0 Å². The Morgan fingerprint density at radius 3 is 2.33 bits per heavy atom. The Morgan fingerprint density at radius 1 is 0.857 bits per heavy atom. The molecule has 0 aliphatic carbocycles. The predicted octanol–water partition coefficient (Wildman–Crippen LogP) is 5.74. The lowest BCUT2D eigenvalue weighted by Gasteiger charge is -2.08. The summed E-state index contributed by atoms with van der Waals surface area (Å²) in [7, 11) is 0. The van der Waals surface area contributed by atoms with Gasteiger partial charge in [0.25, 0.3) is 0 Å². The van der Waals surface area contributed by atoms with Crippen LogP contribution >= 0.6 is 0 Å². The smallest absolute Gasteiger partial charge is 0.138 e. The van der Waals surface area contributed by atoms with Crippen LogP contribution in [0.1, 0.15) is 18.9 Å². The number of halogens is 2. The molecular formula is C19H16F2. The summed E-state index contributed by atoms with van der Waals surface area (Å²) < 4.78 is 27.7. The number of hydrogen-bond donors (Lipinski definition) is 0. The van der Waals surface area contributed by atoms with Gasteiger partial charge in [-0.05, 0) is 35.1 Å². The zero-order chi connectivity index (χ0) is 14.8. The van der Waals surface area contributed by atoms with Crippen molar-refractivity contribution in [3.8, 4) is 11.1 Å². The van der Waals surface area contributed by atoms with E-state index in [0.717, 1.165) is 18.2 Å². The molecule has 3 rings (SSSR count). The van der Waals surface area contributed by atoms with Gasteiger partial charge < -0.3 is 0 Å². The van der Waals surface area contributed by atoms with Crippen LogP contribution in [0.3, 0.4) is 0 Å². The van der Waals surface area contributed by atoms with Gasteiger partial charge in [0.15, 0.2) is 0 Å². The zero-order valence-electron chi connectivity index (χ0n) is 11.9. The number of hydrogen-bond acceptors (Lipinski definition) is 0. The second-order valence-corrected chi connectivity index (χ2v) is 5.24. The van der Waals surface area contributed by atoms with E-state index < -0.39 is 0 Å². The molecule has 0 aliphatic heterocycles. The van der Waals surface area contributed by atoms with Crippen molar-refractivity contribution in [3.05, 3.63) is 71.8 Å². The molecule has 0 atom stereocenters. The quantitative estimate of drug-likeness (QED) is 0.575. The summed E-state index contributed by atoms with van der Waals surface area (Å²) in [5.74, 6) is -0.564. The molecule has 0 saturated carbocycles. The molecule has 3 aromatic carbocycles. The fourth-order valence-corrected chi connectivity index (χ4v) is 2.64. The van der Waals surface area contributed by atoms with Crippen LogP contribution in [-0.2, 0) is 6.42 Å². The van der Waals surface area contributed by atoms with Crippen molar-refractivity contribution in [2.45, 2.75) is 19.8 Å². The minimum Gasteiger partial charge on any atom is -0.207 e. The van der Waals surface area contributed by atoms with Crippen LogP contribution < -0.4 is 0 Å². The number of rotatable bonds is 3. The molecule has 0 heterocycles. The van der Waals surface area contributed by atoms with Gasteiger partial charge in [0, 0.05) is 10.9 Å². The van der Waals surface area contributed by atoms with Gasteiger partial charge in [-0.25, -0.2) is 8.78 Å². The van der Waals surface area contributed by atoms with Gasteiger partial charge in [0.05, 0.1) is 0 Å². The van der Waals surface area contributed by atoms with Crippen LogP contribution in [0.5, 0.6) is 0 Å². The molecule has 0 saturated heterocycles. The summed E-state index contributed by atoms with van der Waals surface area (Å²) in [6.45, 7) is 2.13. The molecule has 21 heavy (non-hydrogen) atoms. The molecule has 0 nitrogen and oxygen atoms in total. The Morgan fingerprint density at radius 2 is 1.62 bits per heavy atom. The second-order valence-electron chi connectivity index (χ2n) is 5.24. The first kappa shape index (κ1) is 13.7. The maximum atomic E-state index is 14.7. The third-order valence-corrected chi connectivity index (χ3v) is 3.71. The summed E-state index contributed by atoms with van der Waals surface area (Å²) in [5, 5.41) is 1.51.